The predicted molar refractivity (Wildman–Crippen MR) is 106 cm³/mol. The minimum atomic E-state index is 0.0944. The van der Waals surface area contributed by atoms with Gasteiger partial charge in [0, 0.05) is 26.2 Å². The summed E-state index contributed by atoms with van der Waals surface area (Å²) in [6, 6.07) is 16.2. The molecule has 2 aromatic rings. The van der Waals surface area contributed by atoms with Gasteiger partial charge in [-0.2, -0.15) is 0 Å². The van der Waals surface area contributed by atoms with Crippen molar-refractivity contribution in [3.8, 4) is 11.5 Å². The highest BCUT2D eigenvalue weighted by molar-refractivity contribution is 6.03. The standard InChI is InChI=1S/C22H25N3O2/c1-2-25-13-12-24(15-22(25)11-14-26-16-22)21-17-7-3-5-9-19(17)27-20-10-6-4-8-18(20)23-21/h3-10H,2,11-16H2,1H3. The average molecular weight is 363 g/mol. The molecule has 5 heteroatoms. The predicted octanol–water partition coefficient (Wildman–Crippen LogP) is 3.67. The maximum atomic E-state index is 6.21. The van der Waals surface area contributed by atoms with Gasteiger partial charge in [0.25, 0.3) is 0 Å². The van der Waals surface area contributed by atoms with Crippen molar-refractivity contribution in [2.75, 3.05) is 39.4 Å². The van der Waals surface area contributed by atoms with Gasteiger partial charge in [0.2, 0.25) is 0 Å². The topological polar surface area (TPSA) is 37.3 Å². The van der Waals surface area contributed by atoms with Gasteiger partial charge in [-0.15, -0.1) is 0 Å². The summed E-state index contributed by atoms with van der Waals surface area (Å²) in [7, 11) is 0. The zero-order valence-electron chi connectivity index (χ0n) is 15.7. The number of aliphatic imine (C=N–C) groups is 1. The molecule has 1 atom stereocenters. The van der Waals surface area contributed by atoms with Gasteiger partial charge in [0.15, 0.2) is 5.75 Å². The summed E-state index contributed by atoms with van der Waals surface area (Å²) in [5.74, 6) is 2.69. The highest BCUT2D eigenvalue weighted by Crippen LogP contribution is 2.39. The normalized spacial score (nSPS) is 24.8. The summed E-state index contributed by atoms with van der Waals surface area (Å²) < 4.78 is 12.0. The van der Waals surface area contributed by atoms with Crippen LogP contribution in [0.25, 0.3) is 0 Å². The summed E-state index contributed by atoms with van der Waals surface area (Å²) >= 11 is 0. The third kappa shape index (κ3) is 2.82. The molecule has 0 amide bonds. The Balaban J connectivity index is 1.58. The maximum absolute atomic E-state index is 6.21. The van der Waals surface area contributed by atoms with E-state index < -0.39 is 0 Å². The lowest BCUT2D eigenvalue weighted by Gasteiger charge is -2.48. The Labute approximate surface area is 160 Å². The van der Waals surface area contributed by atoms with Gasteiger partial charge in [-0.3, -0.25) is 4.90 Å². The smallest absolute Gasteiger partial charge is 0.153 e. The number of para-hydroxylation sites is 3. The summed E-state index contributed by atoms with van der Waals surface area (Å²) in [5.41, 5.74) is 2.04. The molecule has 0 N–H and O–H groups in total. The minimum absolute atomic E-state index is 0.0944. The summed E-state index contributed by atoms with van der Waals surface area (Å²) in [5, 5.41) is 0. The SMILES string of the molecule is CCN1CCN(C2=Nc3ccccc3Oc3ccccc32)CC12CCOC2. The molecular weight excluding hydrogens is 338 g/mol. The third-order valence-corrected chi connectivity index (χ3v) is 6.00. The van der Waals surface area contributed by atoms with Gasteiger partial charge >= 0.3 is 0 Å². The van der Waals surface area contributed by atoms with E-state index in [-0.39, 0.29) is 5.54 Å². The average Bonchev–Trinajstić information content (AvgIpc) is 3.09. The minimum Gasteiger partial charge on any atom is -0.454 e. The molecule has 2 aromatic carbocycles. The molecule has 2 fully saturated rings. The first kappa shape index (κ1) is 16.8. The molecule has 0 bridgehead atoms. The highest BCUT2D eigenvalue weighted by atomic mass is 16.5. The number of fused-ring (bicyclic) bond motifs is 2. The van der Waals surface area contributed by atoms with Gasteiger partial charge < -0.3 is 14.4 Å². The largest absolute Gasteiger partial charge is 0.454 e. The lowest BCUT2D eigenvalue weighted by atomic mass is 9.92. The molecule has 27 heavy (non-hydrogen) atoms. The Hall–Kier alpha value is -2.37. The van der Waals surface area contributed by atoms with Crippen LogP contribution in [-0.2, 0) is 4.74 Å². The Morgan fingerprint density at radius 1 is 1.04 bits per heavy atom. The Bertz CT molecular complexity index is 873. The second-order valence-corrected chi connectivity index (χ2v) is 7.53. The van der Waals surface area contributed by atoms with E-state index in [1.165, 1.54) is 0 Å². The summed E-state index contributed by atoms with van der Waals surface area (Å²) in [6.07, 6.45) is 1.08. The van der Waals surface area contributed by atoms with Crippen LogP contribution in [-0.4, -0.2) is 60.6 Å². The lowest BCUT2D eigenvalue weighted by Crippen LogP contribution is -2.63. The summed E-state index contributed by atoms with van der Waals surface area (Å²) in [6.45, 7) is 7.90. The molecule has 5 rings (SSSR count). The van der Waals surface area contributed by atoms with E-state index in [4.69, 9.17) is 14.5 Å². The van der Waals surface area contributed by atoms with Gasteiger partial charge in [-0.05, 0) is 37.2 Å². The van der Waals surface area contributed by atoms with Crippen molar-refractivity contribution >= 4 is 11.5 Å². The van der Waals surface area contributed by atoms with Gasteiger partial charge in [-0.1, -0.05) is 31.2 Å². The van der Waals surface area contributed by atoms with Gasteiger partial charge in [-0.25, -0.2) is 4.99 Å². The maximum Gasteiger partial charge on any atom is 0.153 e. The van der Waals surface area contributed by atoms with Crippen molar-refractivity contribution < 1.29 is 9.47 Å². The number of rotatable bonds is 1. The number of likely N-dealkylation sites (N-methyl/N-ethyl adjacent to an activating group) is 1. The second-order valence-electron chi connectivity index (χ2n) is 7.53. The van der Waals surface area contributed by atoms with Crippen LogP contribution in [0.15, 0.2) is 53.5 Å². The van der Waals surface area contributed by atoms with Gasteiger partial charge in [0.1, 0.15) is 17.3 Å². The Morgan fingerprint density at radius 2 is 1.85 bits per heavy atom. The summed E-state index contributed by atoms with van der Waals surface area (Å²) in [4.78, 5) is 10.1. The molecular formula is C22H25N3O2. The van der Waals surface area contributed by atoms with Crippen molar-refractivity contribution in [3.63, 3.8) is 0 Å². The molecule has 5 nitrogen and oxygen atoms in total. The molecule has 0 aliphatic carbocycles. The van der Waals surface area contributed by atoms with Crippen LogP contribution in [0.4, 0.5) is 5.69 Å². The molecule has 1 unspecified atom stereocenters. The van der Waals surface area contributed by atoms with Crippen LogP contribution in [0.5, 0.6) is 11.5 Å². The number of amidine groups is 1. The van der Waals surface area contributed by atoms with E-state index in [0.717, 1.165) is 74.4 Å². The highest BCUT2D eigenvalue weighted by Gasteiger charge is 2.45. The zero-order valence-corrected chi connectivity index (χ0v) is 15.7. The first-order valence-electron chi connectivity index (χ1n) is 9.82. The molecule has 3 aliphatic rings. The molecule has 3 heterocycles. The van der Waals surface area contributed by atoms with E-state index in [0.29, 0.717) is 0 Å². The van der Waals surface area contributed by atoms with Crippen molar-refractivity contribution in [3.05, 3.63) is 54.1 Å². The number of piperazine rings is 1. The van der Waals surface area contributed by atoms with Crippen molar-refractivity contribution in [1.29, 1.82) is 0 Å². The molecule has 0 radical (unpaired) electrons. The molecule has 2 saturated heterocycles. The first-order valence-corrected chi connectivity index (χ1v) is 9.82. The quantitative estimate of drug-likeness (QED) is 0.775. The zero-order chi connectivity index (χ0) is 18.3. The molecule has 140 valence electrons. The lowest BCUT2D eigenvalue weighted by molar-refractivity contribution is 0.0174. The van der Waals surface area contributed by atoms with E-state index in [1.54, 1.807) is 0 Å². The number of hydrogen-bond acceptors (Lipinski definition) is 5. The Morgan fingerprint density at radius 3 is 2.67 bits per heavy atom. The number of ether oxygens (including phenoxy) is 2. The monoisotopic (exact) mass is 363 g/mol. The Kier molecular flexibility index (Phi) is 4.14. The van der Waals surface area contributed by atoms with E-state index in [1.807, 2.05) is 36.4 Å². The van der Waals surface area contributed by atoms with Crippen LogP contribution >= 0.6 is 0 Å². The van der Waals surface area contributed by atoms with E-state index >= 15 is 0 Å². The van der Waals surface area contributed by atoms with Crippen LogP contribution in [0.3, 0.4) is 0 Å². The van der Waals surface area contributed by atoms with Crippen molar-refractivity contribution in [2.45, 2.75) is 18.9 Å². The number of hydrogen-bond donors (Lipinski definition) is 0. The fourth-order valence-corrected chi connectivity index (χ4v) is 4.57. The molecule has 0 saturated carbocycles. The van der Waals surface area contributed by atoms with Gasteiger partial charge in [0.05, 0.1) is 17.7 Å². The fourth-order valence-electron chi connectivity index (χ4n) is 4.57. The van der Waals surface area contributed by atoms with E-state index in [9.17, 15) is 0 Å². The van der Waals surface area contributed by atoms with Crippen molar-refractivity contribution in [2.24, 2.45) is 4.99 Å². The number of benzene rings is 2. The van der Waals surface area contributed by atoms with Crippen molar-refractivity contribution in [1.82, 2.24) is 9.80 Å². The third-order valence-electron chi connectivity index (χ3n) is 6.00. The number of nitrogens with zero attached hydrogens (tertiary/aromatic N) is 3. The van der Waals surface area contributed by atoms with Crippen LogP contribution in [0, 0.1) is 0 Å². The molecule has 3 aliphatic heterocycles. The molecule has 1 spiro atoms. The van der Waals surface area contributed by atoms with E-state index in [2.05, 4.69) is 28.9 Å². The van der Waals surface area contributed by atoms with Crippen LogP contribution in [0.2, 0.25) is 0 Å². The molecule has 0 aromatic heterocycles. The van der Waals surface area contributed by atoms with Crippen LogP contribution in [0.1, 0.15) is 18.9 Å². The fraction of sp³-hybridized carbons (Fsp3) is 0.409. The first-order chi connectivity index (χ1) is 13.3. The second kappa shape index (κ2) is 6.66. The van der Waals surface area contributed by atoms with Crippen LogP contribution < -0.4 is 4.74 Å².